The zero-order valence-electron chi connectivity index (χ0n) is 17.6. The summed E-state index contributed by atoms with van der Waals surface area (Å²) in [4.78, 5) is 2.40. The van der Waals surface area contributed by atoms with E-state index in [1.165, 1.54) is 37.7 Å². The van der Waals surface area contributed by atoms with Gasteiger partial charge in [0.15, 0.2) is 6.23 Å². The molecule has 0 N–H and O–H groups in total. The first-order valence-corrected chi connectivity index (χ1v) is 12.2. The Morgan fingerprint density at radius 1 is 0.966 bits per heavy atom. The average molecular weight is 416 g/mol. The van der Waals surface area contributed by atoms with Crippen molar-refractivity contribution in [3.63, 3.8) is 0 Å². The molecule has 2 aromatic rings. The van der Waals surface area contributed by atoms with E-state index < -0.39 is 16.3 Å². The molecule has 1 aliphatic heterocycles. The van der Waals surface area contributed by atoms with Crippen LogP contribution in [0.3, 0.4) is 0 Å². The average Bonchev–Trinajstić information content (AvgIpc) is 2.72. The molecule has 1 atom stereocenters. The normalized spacial score (nSPS) is 17.2. The van der Waals surface area contributed by atoms with Gasteiger partial charge in [0, 0.05) is 18.7 Å². The van der Waals surface area contributed by atoms with Gasteiger partial charge in [0.2, 0.25) is 0 Å². The highest BCUT2D eigenvalue weighted by molar-refractivity contribution is 7.86. The third kappa shape index (κ3) is 5.91. The van der Waals surface area contributed by atoms with Crippen LogP contribution in [0.25, 0.3) is 0 Å². The highest BCUT2D eigenvalue weighted by Crippen LogP contribution is 2.33. The van der Waals surface area contributed by atoms with Crippen LogP contribution in [0.15, 0.2) is 53.4 Å². The fraction of sp³-hybridized carbons (Fsp3) is 0.500. The van der Waals surface area contributed by atoms with Gasteiger partial charge in [-0.1, -0.05) is 81.0 Å². The summed E-state index contributed by atoms with van der Waals surface area (Å²) >= 11 is 0. The van der Waals surface area contributed by atoms with Crippen molar-refractivity contribution in [1.29, 1.82) is 0 Å². The van der Waals surface area contributed by atoms with E-state index in [1.807, 2.05) is 25.1 Å². The standard InChI is InChI=1S/C24H33NO3S/c1-3-4-5-6-7-10-18-25-19-17-21-11-8-9-12-23(21)24(25)28-29(26,27)22-15-13-20(2)14-16-22/h8-9,11-16,24H,3-7,10,17-19H2,1-2H3. The van der Waals surface area contributed by atoms with Crippen molar-refractivity contribution < 1.29 is 12.6 Å². The van der Waals surface area contributed by atoms with E-state index in [9.17, 15) is 8.42 Å². The summed E-state index contributed by atoms with van der Waals surface area (Å²) in [6.45, 7) is 5.84. The van der Waals surface area contributed by atoms with E-state index in [4.69, 9.17) is 4.18 Å². The molecule has 4 nitrogen and oxygen atoms in total. The molecule has 1 unspecified atom stereocenters. The topological polar surface area (TPSA) is 46.6 Å². The van der Waals surface area contributed by atoms with Gasteiger partial charge in [-0.2, -0.15) is 8.42 Å². The van der Waals surface area contributed by atoms with E-state index >= 15 is 0 Å². The molecule has 0 saturated carbocycles. The molecule has 5 heteroatoms. The maximum Gasteiger partial charge on any atom is 0.298 e. The first-order chi connectivity index (χ1) is 14.0. The molecule has 158 valence electrons. The highest BCUT2D eigenvalue weighted by atomic mass is 32.2. The molecule has 1 aliphatic rings. The number of rotatable bonds is 10. The summed E-state index contributed by atoms with van der Waals surface area (Å²) in [5.74, 6) is 0. The molecule has 3 rings (SSSR count). The quantitative estimate of drug-likeness (QED) is 0.373. The molecule has 29 heavy (non-hydrogen) atoms. The van der Waals surface area contributed by atoms with E-state index in [0.717, 1.165) is 37.1 Å². The number of hydrogen-bond donors (Lipinski definition) is 0. The van der Waals surface area contributed by atoms with E-state index in [1.54, 1.807) is 24.3 Å². The summed E-state index contributed by atoms with van der Waals surface area (Å²) in [5.41, 5.74) is 3.17. The lowest BCUT2D eigenvalue weighted by atomic mass is 9.98. The van der Waals surface area contributed by atoms with Gasteiger partial charge in [-0.05, 0) is 37.5 Å². The predicted molar refractivity (Wildman–Crippen MR) is 117 cm³/mol. The lowest BCUT2D eigenvalue weighted by Crippen LogP contribution is -2.38. The molecule has 0 radical (unpaired) electrons. The molecule has 0 saturated heterocycles. The fourth-order valence-corrected chi connectivity index (χ4v) is 4.94. The third-order valence-corrected chi connectivity index (χ3v) is 6.93. The van der Waals surface area contributed by atoms with Gasteiger partial charge in [-0.15, -0.1) is 0 Å². The van der Waals surface area contributed by atoms with Crippen molar-refractivity contribution in [2.24, 2.45) is 0 Å². The second-order valence-electron chi connectivity index (χ2n) is 7.97. The zero-order valence-corrected chi connectivity index (χ0v) is 18.5. The lowest BCUT2D eigenvalue weighted by molar-refractivity contribution is 0.0190. The van der Waals surface area contributed by atoms with Gasteiger partial charge in [0.25, 0.3) is 10.1 Å². The molecule has 2 aromatic carbocycles. The Kier molecular flexibility index (Phi) is 7.87. The van der Waals surface area contributed by atoms with Gasteiger partial charge in [0.1, 0.15) is 0 Å². The molecule has 0 bridgehead atoms. The number of benzene rings is 2. The van der Waals surface area contributed by atoms with Crippen LogP contribution in [-0.2, 0) is 20.7 Å². The monoisotopic (exact) mass is 415 g/mol. The number of unbranched alkanes of at least 4 members (excludes halogenated alkanes) is 5. The number of hydrogen-bond acceptors (Lipinski definition) is 4. The minimum atomic E-state index is -3.84. The van der Waals surface area contributed by atoms with Gasteiger partial charge in [0.05, 0.1) is 4.90 Å². The number of fused-ring (bicyclic) bond motifs is 1. The maximum atomic E-state index is 13.0. The summed E-state index contributed by atoms with van der Waals surface area (Å²) in [7, 11) is -3.84. The highest BCUT2D eigenvalue weighted by Gasteiger charge is 2.32. The van der Waals surface area contributed by atoms with Crippen LogP contribution < -0.4 is 0 Å². The summed E-state index contributed by atoms with van der Waals surface area (Å²) in [6, 6.07) is 14.9. The predicted octanol–water partition coefficient (Wildman–Crippen LogP) is 5.62. The minimum absolute atomic E-state index is 0.214. The first-order valence-electron chi connectivity index (χ1n) is 10.8. The van der Waals surface area contributed by atoms with Crippen LogP contribution in [-0.4, -0.2) is 26.4 Å². The molecule has 0 spiro atoms. The van der Waals surface area contributed by atoms with Gasteiger partial charge < -0.3 is 0 Å². The van der Waals surface area contributed by atoms with Crippen LogP contribution in [0.4, 0.5) is 0 Å². The molecular weight excluding hydrogens is 382 g/mol. The van der Waals surface area contributed by atoms with Crippen molar-refractivity contribution in [2.45, 2.75) is 69.9 Å². The smallest absolute Gasteiger partial charge is 0.273 e. The second kappa shape index (κ2) is 10.4. The number of aryl methyl sites for hydroxylation is 1. The SMILES string of the molecule is CCCCCCCCN1CCc2ccccc2C1OS(=O)(=O)c1ccc(C)cc1. The van der Waals surface area contributed by atoms with Gasteiger partial charge in [-0.3, -0.25) is 4.90 Å². The largest absolute Gasteiger partial charge is 0.298 e. The van der Waals surface area contributed by atoms with Crippen LogP contribution in [0.2, 0.25) is 0 Å². The molecular formula is C24H33NO3S. The minimum Gasteiger partial charge on any atom is -0.273 e. The Morgan fingerprint density at radius 3 is 2.41 bits per heavy atom. The Bertz CT molecular complexity index is 877. The third-order valence-electron chi connectivity index (χ3n) is 5.65. The van der Waals surface area contributed by atoms with Crippen LogP contribution in [0.1, 0.15) is 68.4 Å². The molecule has 0 aromatic heterocycles. The van der Waals surface area contributed by atoms with Crippen LogP contribution in [0, 0.1) is 6.92 Å². The maximum absolute atomic E-state index is 13.0. The molecule has 0 fully saturated rings. The van der Waals surface area contributed by atoms with E-state index in [-0.39, 0.29) is 4.90 Å². The Labute approximate surface area is 176 Å². The Hall–Kier alpha value is -1.69. The van der Waals surface area contributed by atoms with Crippen molar-refractivity contribution >= 4 is 10.1 Å². The second-order valence-corrected chi connectivity index (χ2v) is 9.54. The van der Waals surface area contributed by atoms with Crippen LogP contribution in [0.5, 0.6) is 0 Å². The van der Waals surface area contributed by atoms with Crippen molar-refractivity contribution in [3.8, 4) is 0 Å². The van der Waals surface area contributed by atoms with Crippen molar-refractivity contribution in [1.82, 2.24) is 4.90 Å². The first kappa shape index (κ1) is 22.0. The lowest BCUT2D eigenvalue weighted by Gasteiger charge is -2.36. The fourth-order valence-electron chi connectivity index (χ4n) is 3.90. The van der Waals surface area contributed by atoms with Gasteiger partial charge in [-0.25, -0.2) is 4.18 Å². The molecule has 0 aliphatic carbocycles. The van der Waals surface area contributed by atoms with Crippen molar-refractivity contribution in [3.05, 3.63) is 65.2 Å². The zero-order chi connectivity index (χ0) is 20.7. The van der Waals surface area contributed by atoms with E-state index in [2.05, 4.69) is 17.9 Å². The van der Waals surface area contributed by atoms with Crippen molar-refractivity contribution in [2.75, 3.05) is 13.1 Å². The Morgan fingerprint density at radius 2 is 1.66 bits per heavy atom. The summed E-state index contributed by atoms with van der Waals surface area (Å²) in [6.07, 6.45) is 7.67. The van der Waals surface area contributed by atoms with Crippen LogP contribution >= 0.6 is 0 Å². The molecule has 0 amide bonds. The van der Waals surface area contributed by atoms with Gasteiger partial charge >= 0.3 is 0 Å². The Balaban J connectivity index is 1.74. The summed E-state index contributed by atoms with van der Waals surface area (Å²) < 4.78 is 31.8. The molecule has 1 heterocycles. The summed E-state index contributed by atoms with van der Waals surface area (Å²) in [5, 5.41) is 0. The van der Waals surface area contributed by atoms with E-state index in [0.29, 0.717) is 0 Å². The number of nitrogens with zero attached hydrogens (tertiary/aromatic N) is 1.